The first-order chi connectivity index (χ1) is 14.5. The predicted octanol–water partition coefficient (Wildman–Crippen LogP) is 4.40. The number of ether oxygens (including phenoxy) is 1. The summed E-state index contributed by atoms with van der Waals surface area (Å²) in [7, 11) is 0. The van der Waals surface area contributed by atoms with Crippen LogP contribution in [0.2, 0.25) is 0 Å². The van der Waals surface area contributed by atoms with Gasteiger partial charge in [0.15, 0.2) is 0 Å². The fourth-order valence-electron chi connectivity index (χ4n) is 3.72. The summed E-state index contributed by atoms with van der Waals surface area (Å²) in [5.41, 5.74) is 5.42. The lowest BCUT2D eigenvalue weighted by Gasteiger charge is -2.16. The zero-order valence-corrected chi connectivity index (χ0v) is 16.8. The minimum absolute atomic E-state index is 0.0118. The Labute approximate surface area is 175 Å². The third kappa shape index (κ3) is 4.20. The minimum Gasteiger partial charge on any atom is -0.493 e. The normalized spacial score (nSPS) is 12.7. The predicted molar refractivity (Wildman–Crippen MR) is 115 cm³/mol. The van der Waals surface area contributed by atoms with Crippen LogP contribution in [-0.4, -0.2) is 23.6 Å². The summed E-state index contributed by atoms with van der Waals surface area (Å²) in [5.74, 6) is -0.135. The van der Waals surface area contributed by atoms with Gasteiger partial charge in [0.1, 0.15) is 5.75 Å². The number of hydrogen-bond donors (Lipinski definition) is 1. The van der Waals surface area contributed by atoms with Crippen molar-refractivity contribution < 1.29 is 19.4 Å². The second-order valence-corrected chi connectivity index (χ2v) is 7.50. The number of benzene rings is 3. The van der Waals surface area contributed by atoms with E-state index < -0.39 is 5.97 Å². The van der Waals surface area contributed by atoms with E-state index in [1.807, 2.05) is 73.7 Å². The van der Waals surface area contributed by atoms with Gasteiger partial charge in [0.05, 0.1) is 19.6 Å². The van der Waals surface area contributed by atoms with Gasteiger partial charge < -0.3 is 14.7 Å². The molecule has 5 nitrogen and oxygen atoms in total. The number of anilines is 1. The smallest absolute Gasteiger partial charge is 0.307 e. The molecule has 0 spiro atoms. The molecule has 0 fully saturated rings. The molecule has 152 valence electrons. The van der Waals surface area contributed by atoms with Crippen LogP contribution in [0.3, 0.4) is 0 Å². The van der Waals surface area contributed by atoms with Crippen molar-refractivity contribution >= 4 is 17.6 Å². The molecule has 3 aromatic rings. The molecule has 30 heavy (non-hydrogen) atoms. The number of amides is 1. The molecular weight excluding hydrogens is 378 g/mol. The lowest BCUT2D eigenvalue weighted by molar-refractivity contribution is -0.136. The van der Waals surface area contributed by atoms with Crippen molar-refractivity contribution in [1.29, 1.82) is 0 Å². The summed E-state index contributed by atoms with van der Waals surface area (Å²) in [6.07, 6.45) is 0.671. The Bertz CT molecular complexity index is 1090. The number of fused-ring (bicyclic) bond motifs is 1. The van der Waals surface area contributed by atoms with Crippen LogP contribution in [0.15, 0.2) is 66.7 Å². The van der Waals surface area contributed by atoms with Crippen LogP contribution in [-0.2, 0) is 24.2 Å². The molecule has 1 amide bonds. The van der Waals surface area contributed by atoms with Gasteiger partial charge in [-0.25, -0.2) is 0 Å². The Hall–Kier alpha value is -3.60. The molecule has 0 unspecified atom stereocenters. The monoisotopic (exact) mass is 401 g/mol. The lowest BCUT2D eigenvalue weighted by Crippen LogP contribution is -2.22. The Morgan fingerprint density at radius 1 is 1.03 bits per heavy atom. The van der Waals surface area contributed by atoms with Crippen molar-refractivity contribution in [2.24, 2.45) is 0 Å². The van der Waals surface area contributed by atoms with Crippen molar-refractivity contribution in [3.8, 4) is 5.75 Å². The number of aryl methyl sites for hydroxylation is 1. The summed E-state index contributed by atoms with van der Waals surface area (Å²) in [4.78, 5) is 25.6. The van der Waals surface area contributed by atoms with Crippen LogP contribution in [0, 0.1) is 6.92 Å². The topological polar surface area (TPSA) is 66.8 Å². The van der Waals surface area contributed by atoms with E-state index in [9.17, 15) is 9.59 Å². The van der Waals surface area contributed by atoms with Gasteiger partial charge in [-0.1, -0.05) is 48.0 Å². The second-order valence-electron chi connectivity index (χ2n) is 7.50. The van der Waals surface area contributed by atoms with Crippen molar-refractivity contribution in [3.63, 3.8) is 0 Å². The van der Waals surface area contributed by atoms with Crippen LogP contribution in [0.4, 0.5) is 5.69 Å². The molecule has 0 radical (unpaired) electrons. The Morgan fingerprint density at radius 3 is 2.53 bits per heavy atom. The number of carbonyl (C=O) groups is 2. The van der Waals surface area contributed by atoms with Crippen LogP contribution >= 0.6 is 0 Å². The Balaban J connectivity index is 1.45. The van der Waals surface area contributed by atoms with E-state index in [0.717, 1.165) is 33.7 Å². The van der Waals surface area contributed by atoms with Gasteiger partial charge >= 0.3 is 5.97 Å². The first-order valence-corrected chi connectivity index (χ1v) is 9.94. The Morgan fingerprint density at radius 2 is 1.77 bits per heavy atom. The molecule has 0 aliphatic carbocycles. The molecule has 0 saturated heterocycles. The number of rotatable bonds is 7. The average molecular weight is 401 g/mol. The molecular formula is C25H23NO4. The van der Waals surface area contributed by atoms with E-state index in [-0.39, 0.29) is 12.3 Å². The molecule has 1 heterocycles. The van der Waals surface area contributed by atoms with E-state index >= 15 is 0 Å². The van der Waals surface area contributed by atoms with E-state index in [4.69, 9.17) is 9.84 Å². The van der Waals surface area contributed by atoms with Crippen molar-refractivity contribution in [2.75, 3.05) is 11.5 Å². The summed E-state index contributed by atoms with van der Waals surface area (Å²) >= 11 is 0. The van der Waals surface area contributed by atoms with Gasteiger partial charge in [-0.2, -0.15) is 0 Å². The van der Waals surface area contributed by atoms with Gasteiger partial charge in [0.2, 0.25) is 0 Å². The minimum atomic E-state index is -0.842. The molecule has 1 N–H and O–H groups in total. The number of carboxylic acids is 1. The Kier molecular flexibility index (Phi) is 5.53. The number of aliphatic carboxylic acids is 1. The van der Waals surface area contributed by atoms with Crippen LogP contribution in [0.1, 0.15) is 32.6 Å². The quantitative estimate of drug-likeness (QED) is 0.637. The zero-order chi connectivity index (χ0) is 21.1. The number of nitrogens with zero attached hydrogens (tertiary/aromatic N) is 1. The number of hydrogen-bond acceptors (Lipinski definition) is 3. The van der Waals surface area contributed by atoms with Crippen LogP contribution < -0.4 is 9.64 Å². The van der Waals surface area contributed by atoms with Gasteiger partial charge in [-0.05, 0) is 42.3 Å². The van der Waals surface area contributed by atoms with Gasteiger partial charge in [0.25, 0.3) is 5.91 Å². The first-order valence-electron chi connectivity index (χ1n) is 9.94. The molecule has 3 aromatic carbocycles. The van der Waals surface area contributed by atoms with Gasteiger partial charge in [0, 0.05) is 23.2 Å². The highest BCUT2D eigenvalue weighted by Gasteiger charge is 2.30. The summed E-state index contributed by atoms with van der Waals surface area (Å²) in [6, 6.07) is 21.1. The zero-order valence-electron chi connectivity index (χ0n) is 16.8. The largest absolute Gasteiger partial charge is 0.493 e. The highest BCUT2D eigenvalue weighted by molar-refractivity contribution is 6.10. The second kappa shape index (κ2) is 8.41. The maximum Gasteiger partial charge on any atom is 0.307 e. The van der Waals surface area contributed by atoms with Crippen molar-refractivity contribution in [3.05, 3.63) is 94.5 Å². The van der Waals surface area contributed by atoms with E-state index in [1.165, 1.54) is 0 Å². The fraction of sp³-hybridized carbons (Fsp3) is 0.200. The number of carboxylic acid groups (broad SMARTS) is 1. The van der Waals surface area contributed by atoms with E-state index in [1.54, 1.807) is 4.90 Å². The summed E-state index contributed by atoms with van der Waals surface area (Å²) in [5, 5.41) is 8.95. The van der Waals surface area contributed by atoms with E-state index in [2.05, 4.69) is 0 Å². The van der Waals surface area contributed by atoms with Crippen molar-refractivity contribution in [2.45, 2.75) is 26.3 Å². The van der Waals surface area contributed by atoms with Crippen LogP contribution in [0.5, 0.6) is 5.75 Å². The highest BCUT2D eigenvalue weighted by Crippen LogP contribution is 2.34. The van der Waals surface area contributed by atoms with Gasteiger partial charge in [-0.15, -0.1) is 0 Å². The third-order valence-electron chi connectivity index (χ3n) is 5.27. The maximum atomic E-state index is 12.9. The average Bonchev–Trinajstić information content (AvgIpc) is 3.06. The lowest BCUT2D eigenvalue weighted by atomic mass is 10.1. The fourth-order valence-corrected chi connectivity index (χ4v) is 3.72. The number of carbonyl (C=O) groups excluding carboxylic acids is 1. The molecule has 4 rings (SSSR count). The highest BCUT2D eigenvalue weighted by atomic mass is 16.5. The maximum absolute atomic E-state index is 12.9. The standard InChI is InChI=1S/C25H23NO4/c1-17-8-10-20(11-9-17)26-16-22-21(25(26)29)6-3-7-23(22)30-13-12-18-4-2-5-19(14-18)15-24(27)28/h2-11,14H,12-13,15-16H2,1H3,(H,27,28). The molecule has 0 aromatic heterocycles. The molecule has 0 atom stereocenters. The SMILES string of the molecule is Cc1ccc(N2Cc3c(OCCc4cccc(CC(=O)O)c4)cccc3C2=O)cc1. The molecule has 5 heteroatoms. The van der Waals surface area contributed by atoms with Crippen LogP contribution in [0.25, 0.3) is 0 Å². The molecule has 0 saturated carbocycles. The molecule has 0 bridgehead atoms. The summed E-state index contributed by atoms with van der Waals surface area (Å²) < 4.78 is 6.03. The van der Waals surface area contributed by atoms with E-state index in [0.29, 0.717) is 25.1 Å². The third-order valence-corrected chi connectivity index (χ3v) is 5.27. The molecule has 1 aliphatic rings. The molecule has 1 aliphatic heterocycles. The van der Waals surface area contributed by atoms with Crippen molar-refractivity contribution in [1.82, 2.24) is 0 Å². The first kappa shape index (κ1) is 19.7. The van der Waals surface area contributed by atoms with Gasteiger partial charge in [-0.3, -0.25) is 9.59 Å². The summed E-state index contributed by atoms with van der Waals surface area (Å²) in [6.45, 7) is 2.96.